The molecule has 0 spiro atoms. The highest BCUT2D eigenvalue weighted by Crippen LogP contribution is 2.59. The van der Waals surface area contributed by atoms with Gasteiger partial charge in [0.2, 0.25) is 0 Å². The fraction of sp³-hybridized carbons (Fsp3) is 0.625. The average Bonchev–Trinajstić information content (AvgIpc) is 1.66. The summed E-state index contributed by atoms with van der Waals surface area (Å²) in [7, 11) is 4.51. The Labute approximate surface area is 608 Å². The van der Waals surface area contributed by atoms with Crippen LogP contribution in [-0.4, -0.2) is 78.4 Å². The van der Waals surface area contributed by atoms with Crippen LogP contribution < -0.4 is 18.9 Å². The Morgan fingerprint density at radius 3 is 1.45 bits per heavy atom. The molecule has 1 unspecified atom stereocenters. The number of carbonyl (C=O) groups is 1. The standard InChI is InChI=1S/C21H28O4.C21H30O3.2C21H30O2.CH3B.3CH4/c1-6-7-13-10-15(23)18-17-14(11(2)3)8-9-21(5,24)20(17)25-19(18)16(13)12(4)22;1-5-6-7-8-14-11-17(22)19-15-13-21(4,23)10-9-16(15)20(2,3)24-18(19)12-14;2*1-5-6-7-8-15-12-18(22)20-16-11-14(2)9-10-17(16)21(3,4)23-19(20)13-15;1-2;;;/h10,14,17,20,23-24H,2,6-9H2,1,3-5H3;11-12,22-23H,5-10,13H2,1-4H3;2*11-14,17,22H,5-10H2,1-4H3;1H3;3*1H4/t14-,17+,20-,21-;;14-,17+;14-,17-;;;;/m0.01..../s1/i;;;;1T;;;. The monoisotopic (exact) mass is 1380 g/mol. The Hall–Kier alpha value is -6.11. The summed E-state index contributed by atoms with van der Waals surface area (Å²) in [5.74, 6) is 6.02. The quantitative estimate of drug-likeness (QED) is 0.0273. The molecule has 0 saturated heterocycles. The van der Waals surface area contributed by atoms with Crippen LogP contribution in [0.4, 0.5) is 0 Å². The fourth-order valence-corrected chi connectivity index (χ4v) is 17.1. The number of ether oxygens (including phenoxy) is 4. The second-order valence-corrected chi connectivity index (χ2v) is 31.8. The van der Waals surface area contributed by atoms with E-state index in [-0.39, 0.29) is 69.3 Å². The molecule has 9 atom stereocenters. The van der Waals surface area contributed by atoms with Crippen molar-refractivity contribution in [1.29, 1.82) is 0 Å². The maximum Gasteiger partial charge on any atom is 0.163 e. The molecule has 100 heavy (non-hydrogen) atoms. The van der Waals surface area contributed by atoms with Crippen LogP contribution >= 0.6 is 0 Å². The molecule has 4 aromatic rings. The number of aliphatic hydroxyl groups is 2. The average molecular weight is 1380 g/mol. The van der Waals surface area contributed by atoms with Gasteiger partial charge in [-0.15, -0.1) is 0 Å². The number of fused-ring (bicyclic) bond motifs is 11. The van der Waals surface area contributed by atoms with Gasteiger partial charge in [-0.1, -0.05) is 140 Å². The fourth-order valence-electron chi connectivity index (χ4n) is 17.1. The predicted octanol–water partition coefficient (Wildman–Crippen LogP) is 22.7. The number of phenolic OH excluding ortho intramolecular Hbond substituents is 4. The highest BCUT2D eigenvalue weighted by molar-refractivity contribution is 6.05. The minimum atomic E-state index is -0.999. The van der Waals surface area contributed by atoms with Gasteiger partial charge in [0.1, 0.15) is 68.9 Å². The first-order valence-corrected chi connectivity index (χ1v) is 37.2. The molecule has 4 aliphatic carbocycles. The van der Waals surface area contributed by atoms with Gasteiger partial charge in [-0.3, -0.25) is 4.79 Å². The van der Waals surface area contributed by atoms with E-state index in [9.17, 15) is 35.4 Å². The van der Waals surface area contributed by atoms with Gasteiger partial charge in [-0.25, -0.2) is 0 Å². The van der Waals surface area contributed by atoms with Crippen LogP contribution in [0, 0.1) is 29.6 Å². The molecule has 12 heteroatoms. The largest absolute Gasteiger partial charge is 0.508 e. The molecule has 0 amide bonds. The third kappa shape index (κ3) is 18.6. The Balaban J connectivity index is 0.000000237. The molecule has 1 saturated carbocycles. The summed E-state index contributed by atoms with van der Waals surface area (Å²) in [4.78, 5) is 12.4. The zero-order valence-corrected chi connectivity index (χ0v) is 62.2. The van der Waals surface area contributed by atoms with Gasteiger partial charge in [0.25, 0.3) is 0 Å². The maximum absolute atomic E-state index is 12.4. The van der Waals surface area contributed by atoms with E-state index in [0.717, 1.165) is 120 Å². The lowest BCUT2D eigenvalue weighted by molar-refractivity contribution is -0.0825. The first kappa shape index (κ1) is 82.8. The number of ketones is 1. The number of phenols is 4. The molecule has 8 aliphatic rings. The van der Waals surface area contributed by atoms with Crippen molar-refractivity contribution in [2.24, 2.45) is 29.6 Å². The number of rotatable bonds is 16. The van der Waals surface area contributed by atoms with E-state index in [0.29, 0.717) is 77.1 Å². The number of aromatic hydroxyl groups is 4. The van der Waals surface area contributed by atoms with Gasteiger partial charge < -0.3 is 49.6 Å². The molecule has 11 nitrogen and oxygen atoms in total. The molecule has 0 bridgehead atoms. The summed E-state index contributed by atoms with van der Waals surface area (Å²) in [5, 5.41) is 64.2. The van der Waals surface area contributed by atoms with E-state index < -0.39 is 17.3 Å². The van der Waals surface area contributed by atoms with Crippen molar-refractivity contribution in [2.45, 2.75) is 328 Å². The van der Waals surface area contributed by atoms with Crippen molar-refractivity contribution in [3.8, 4) is 46.0 Å². The van der Waals surface area contributed by atoms with Gasteiger partial charge in [-0.2, -0.15) is 0 Å². The second kappa shape index (κ2) is 34.9. The molecule has 12 rings (SSSR count). The SMILES string of the molecule is C.C.C.C=C(C)[C@@H]1CC[C@](C)(O)[C@H]2Oc3c(C(C)=O)c(CCC)cc(O)c3[C@@H]12.CCCCCc1cc(O)c2c(c1)OC(C)(C)C1=C2CC(C)(O)CC1.CCCCCc1cc(O)c2c(c1)OC(C)(C)[C@@H]1CC[C@@H](C)C=C21.CCCCCc1cc(O)c2c(c1)OC(C)(C)[C@@H]1CC[C@H](C)C=C21.[3H]C[B]. The normalized spacial score (nSPS) is 25.3. The van der Waals surface area contributed by atoms with Crippen molar-refractivity contribution in [2.75, 3.05) is 0 Å². The third-order valence-corrected chi connectivity index (χ3v) is 22.2. The van der Waals surface area contributed by atoms with Crippen molar-refractivity contribution in [3.05, 3.63) is 122 Å². The van der Waals surface area contributed by atoms with Crippen molar-refractivity contribution in [3.63, 3.8) is 0 Å². The Morgan fingerprint density at radius 2 is 1.03 bits per heavy atom. The summed E-state index contributed by atoms with van der Waals surface area (Å²) in [6.45, 7) is 37.4. The molecule has 1 fully saturated rings. The highest BCUT2D eigenvalue weighted by atomic mass is 16.5. The summed E-state index contributed by atoms with van der Waals surface area (Å²) in [6.07, 6.45) is 27.7. The summed E-state index contributed by atoms with van der Waals surface area (Å²) in [5.41, 5.74) is 11.6. The van der Waals surface area contributed by atoms with E-state index in [1.54, 1.807) is 13.0 Å². The van der Waals surface area contributed by atoms with Crippen LogP contribution in [0.15, 0.2) is 72.3 Å². The van der Waals surface area contributed by atoms with E-state index in [1.807, 2.05) is 39.0 Å². The van der Waals surface area contributed by atoms with Crippen molar-refractivity contribution >= 4 is 30.3 Å². The Morgan fingerprint density at radius 1 is 0.590 bits per heavy atom. The number of allylic oxidation sites excluding steroid dienone is 3. The Bertz CT molecular complexity index is 3470. The zero-order valence-electron chi connectivity index (χ0n) is 63.2. The van der Waals surface area contributed by atoms with Crippen molar-refractivity contribution in [1.82, 2.24) is 0 Å². The van der Waals surface area contributed by atoms with Crippen LogP contribution in [0.5, 0.6) is 46.0 Å². The molecule has 4 aromatic carbocycles. The smallest absolute Gasteiger partial charge is 0.163 e. The number of carbonyl (C=O) groups excluding carboxylic acids is 1. The molecular weight excluding hydrogens is 1240 g/mol. The lowest BCUT2D eigenvalue weighted by Gasteiger charge is -2.44. The van der Waals surface area contributed by atoms with Crippen LogP contribution in [0.25, 0.3) is 16.7 Å². The highest BCUT2D eigenvalue weighted by Gasteiger charge is 2.55. The van der Waals surface area contributed by atoms with Crippen LogP contribution in [0.2, 0.25) is 6.80 Å². The molecule has 4 aliphatic heterocycles. The molecule has 0 aromatic heterocycles. The summed E-state index contributed by atoms with van der Waals surface area (Å²) >= 11 is 0. The molecule has 4 heterocycles. The summed E-state index contributed by atoms with van der Waals surface area (Å²) in [6, 6.07) is 13.9. The third-order valence-electron chi connectivity index (χ3n) is 22.2. The van der Waals surface area contributed by atoms with Gasteiger partial charge in [0.15, 0.2) is 5.78 Å². The van der Waals surface area contributed by atoms with Gasteiger partial charge in [-0.05, 0) is 270 Å². The number of benzene rings is 4. The first-order valence-electron chi connectivity index (χ1n) is 37.9. The van der Waals surface area contributed by atoms with Crippen LogP contribution in [0.3, 0.4) is 0 Å². The second-order valence-electron chi connectivity index (χ2n) is 31.8. The molecule has 2 radical (unpaired) electrons. The number of hydrogen-bond donors (Lipinski definition) is 6. The Kier molecular flexibility index (Phi) is 28.9. The lowest BCUT2D eigenvalue weighted by atomic mass is 9.66. The number of aryl methyl sites for hydroxylation is 4. The maximum atomic E-state index is 12.4. The molecular formula is C88H133BO11. The minimum Gasteiger partial charge on any atom is -0.508 e. The zero-order chi connectivity index (χ0) is 72.0. The topological polar surface area (TPSA) is 175 Å². The molecule has 554 valence electrons. The molecule has 6 N–H and O–H groups in total. The van der Waals surface area contributed by atoms with Gasteiger partial charge >= 0.3 is 0 Å². The van der Waals surface area contributed by atoms with Gasteiger partial charge in [0, 0.05) is 31.1 Å². The first-order chi connectivity index (χ1) is 46.2. The number of hydrogen-bond acceptors (Lipinski definition) is 11. The van der Waals surface area contributed by atoms with E-state index >= 15 is 0 Å². The number of Topliss-reactive ketones (excluding diaryl/α,β-unsaturated/α-hetero) is 1. The van der Waals surface area contributed by atoms with E-state index in [2.05, 4.69) is 121 Å². The number of unbranched alkanes of at least 4 members (excludes halogenated alkanes) is 6. The van der Waals surface area contributed by atoms with E-state index in [1.165, 1.54) is 99.0 Å². The van der Waals surface area contributed by atoms with Crippen molar-refractivity contribution < 1.29 is 55.8 Å². The predicted molar refractivity (Wildman–Crippen MR) is 418 cm³/mol. The van der Waals surface area contributed by atoms with Gasteiger partial charge in [0.05, 0.1) is 41.3 Å². The lowest BCUT2D eigenvalue weighted by Crippen LogP contribution is -2.50. The van der Waals surface area contributed by atoms with Crippen LogP contribution in [0.1, 0.15) is 317 Å². The minimum absolute atomic E-state index is 0. The summed E-state index contributed by atoms with van der Waals surface area (Å²) < 4.78 is 31.2. The van der Waals surface area contributed by atoms with E-state index in [4.69, 9.17) is 20.3 Å². The van der Waals surface area contributed by atoms with Crippen LogP contribution in [-0.2, 0) is 25.7 Å².